The number of aromatic nitrogens is 1. The highest BCUT2D eigenvalue weighted by molar-refractivity contribution is 5.94. The molecule has 0 radical (unpaired) electrons. The zero-order chi connectivity index (χ0) is 13.9. The Bertz CT molecular complexity index is 481. The van der Waals surface area contributed by atoms with Crippen LogP contribution in [0, 0.1) is 11.9 Å². The molecule has 2 fully saturated rings. The molecule has 0 N–H and O–H groups in total. The van der Waals surface area contributed by atoms with E-state index in [-0.39, 0.29) is 5.91 Å². The lowest BCUT2D eigenvalue weighted by molar-refractivity contribution is 0.0698. The summed E-state index contributed by atoms with van der Waals surface area (Å²) >= 11 is 0. The third-order valence-electron chi connectivity index (χ3n) is 4.40. The molecule has 2 aliphatic rings. The molecule has 4 heteroatoms. The molecule has 1 aromatic heterocycles. The quantitative estimate of drug-likeness (QED) is 0.790. The smallest absolute Gasteiger partial charge is 0.254 e. The lowest BCUT2D eigenvalue weighted by Gasteiger charge is -2.30. The lowest BCUT2D eigenvalue weighted by atomic mass is 9.89. The highest BCUT2D eigenvalue weighted by atomic mass is 19.1. The van der Waals surface area contributed by atoms with Crippen molar-refractivity contribution in [3.05, 3.63) is 29.8 Å². The summed E-state index contributed by atoms with van der Waals surface area (Å²) in [5, 5.41) is 0. The molecule has 1 amide bonds. The maximum Gasteiger partial charge on any atom is 0.254 e. The third-order valence-corrected chi connectivity index (χ3v) is 4.40. The maximum absolute atomic E-state index is 13.2. The molecule has 0 unspecified atom stereocenters. The zero-order valence-electron chi connectivity index (χ0n) is 11.7. The van der Waals surface area contributed by atoms with E-state index in [0.29, 0.717) is 17.5 Å². The number of rotatable bonds is 4. The molecule has 0 bridgehead atoms. The van der Waals surface area contributed by atoms with Gasteiger partial charge in [0.1, 0.15) is 0 Å². The van der Waals surface area contributed by atoms with Crippen molar-refractivity contribution in [3.8, 4) is 0 Å². The van der Waals surface area contributed by atoms with Gasteiger partial charge in [-0.05, 0) is 37.7 Å². The van der Waals surface area contributed by atoms with E-state index in [9.17, 15) is 9.18 Å². The van der Waals surface area contributed by atoms with Crippen molar-refractivity contribution >= 4 is 5.91 Å². The van der Waals surface area contributed by atoms with Crippen LogP contribution in [0.15, 0.2) is 18.3 Å². The van der Waals surface area contributed by atoms with Crippen LogP contribution in [0.2, 0.25) is 0 Å². The van der Waals surface area contributed by atoms with Gasteiger partial charge in [0.25, 0.3) is 5.91 Å². The Morgan fingerprint density at radius 1 is 1.25 bits per heavy atom. The molecule has 0 saturated heterocycles. The normalized spacial score (nSPS) is 19.9. The summed E-state index contributed by atoms with van der Waals surface area (Å²) in [6, 6.07) is 3.24. The van der Waals surface area contributed by atoms with E-state index in [1.807, 2.05) is 4.90 Å². The lowest BCUT2D eigenvalue weighted by Crippen LogP contribution is -2.37. The fourth-order valence-electron chi connectivity index (χ4n) is 3.13. The minimum absolute atomic E-state index is 0.0284. The Labute approximate surface area is 119 Å². The minimum Gasteiger partial charge on any atom is -0.335 e. The number of amides is 1. The molecule has 20 heavy (non-hydrogen) atoms. The van der Waals surface area contributed by atoms with E-state index in [0.717, 1.165) is 19.4 Å². The largest absolute Gasteiger partial charge is 0.335 e. The van der Waals surface area contributed by atoms with E-state index >= 15 is 0 Å². The molecule has 2 saturated carbocycles. The average Bonchev–Trinajstić information content (AvgIpc) is 3.30. The van der Waals surface area contributed by atoms with Crippen LogP contribution < -0.4 is 0 Å². The van der Waals surface area contributed by atoms with Crippen molar-refractivity contribution in [2.45, 2.75) is 51.0 Å². The summed E-state index contributed by atoms with van der Waals surface area (Å²) in [4.78, 5) is 18.1. The second-order valence-electron chi connectivity index (χ2n) is 6.06. The summed E-state index contributed by atoms with van der Waals surface area (Å²) in [6.07, 6.45) is 9.88. The first-order valence-electron chi connectivity index (χ1n) is 7.66. The molecule has 0 spiro atoms. The first-order chi connectivity index (χ1) is 9.74. The second-order valence-corrected chi connectivity index (χ2v) is 6.06. The Kier molecular flexibility index (Phi) is 3.99. The molecule has 0 aromatic carbocycles. The second kappa shape index (κ2) is 5.90. The van der Waals surface area contributed by atoms with Gasteiger partial charge < -0.3 is 4.90 Å². The van der Waals surface area contributed by atoms with Crippen LogP contribution in [-0.4, -0.2) is 28.4 Å². The van der Waals surface area contributed by atoms with Crippen molar-refractivity contribution < 1.29 is 9.18 Å². The Morgan fingerprint density at radius 3 is 2.65 bits per heavy atom. The van der Waals surface area contributed by atoms with E-state index in [1.54, 1.807) is 6.07 Å². The number of nitrogens with zero attached hydrogens (tertiary/aromatic N) is 2. The average molecular weight is 276 g/mol. The summed E-state index contributed by atoms with van der Waals surface area (Å²) in [7, 11) is 0. The Balaban J connectivity index is 1.71. The molecule has 3 rings (SSSR count). The molecule has 0 atom stereocenters. The summed E-state index contributed by atoms with van der Waals surface area (Å²) < 4.78 is 13.2. The number of hydrogen-bond acceptors (Lipinski definition) is 2. The van der Waals surface area contributed by atoms with Crippen LogP contribution in [0.1, 0.15) is 55.3 Å². The van der Waals surface area contributed by atoms with Crippen LogP contribution in [-0.2, 0) is 0 Å². The summed E-state index contributed by atoms with van der Waals surface area (Å²) in [5.41, 5.74) is 0.431. The fraction of sp³-hybridized carbons (Fsp3) is 0.625. The van der Waals surface area contributed by atoms with Gasteiger partial charge in [0.15, 0.2) is 0 Å². The van der Waals surface area contributed by atoms with Crippen molar-refractivity contribution in [2.24, 2.45) is 5.92 Å². The minimum atomic E-state index is -0.579. The number of hydrogen-bond donors (Lipinski definition) is 0. The maximum atomic E-state index is 13.2. The molecule has 3 nitrogen and oxygen atoms in total. The van der Waals surface area contributed by atoms with Gasteiger partial charge in [-0.3, -0.25) is 4.79 Å². The van der Waals surface area contributed by atoms with Gasteiger partial charge in [-0.2, -0.15) is 4.39 Å². The summed E-state index contributed by atoms with van der Waals surface area (Å²) in [6.45, 7) is 0.841. The number of halogens is 1. The Hall–Kier alpha value is -1.45. The molecule has 2 aliphatic carbocycles. The van der Waals surface area contributed by atoms with Gasteiger partial charge in [-0.15, -0.1) is 0 Å². The van der Waals surface area contributed by atoms with Crippen molar-refractivity contribution in [1.29, 1.82) is 0 Å². The van der Waals surface area contributed by atoms with Gasteiger partial charge in [0, 0.05) is 30.4 Å². The van der Waals surface area contributed by atoms with Gasteiger partial charge >= 0.3 is 0 Å². The van der Waals surface area contributed by atoms with Crippen LogP contribution in [0.5, 0.6) is 0 Å². The standard InChI is InChI=1S/C16H21FN2O/c17-15-10-13(8-9-18-15)16(20)19(14-6-7-14)11-12-4-2-1-3-5-12/h8-10,12,14H,1-7,11H2. The van der Waals surface area contributed by atoms with Crippen LogP contribution in [0.3, 0.4) is 0 Å². The first-order valence-corrected chi connectivity index (χ1v) is 7.66. The monoisotopic (exact) mass is 276 g/mol. The third kappa shape index (κ3) is 3.17. The van der Waals surface area contributed by atoms with Gasteiger partial charge in [-0.25, -0.2) is 4.98 Å². The number of pyridine rings is 1. The SMILES string of the molecule is O=C(c1ccnc(F)c1)N(CC1CCCCC1)C1CC1. The van der Waals surface area contributed by atoms with E-state index in [1.165, 1.54) is 44.4 Å². The van der Waals surface area contributed by atoms with E-state index in [4.69, 9.17) is 0 Å². The van der Waals surface area contributed by atoms with Crippen molar-refractivity contribution in [2.75, 3.05) is 6.54 Å². The zero-order valence-corrected chi connectivity index (χ0v) is 11.7. The fourth-order valence-corrected chi connectivity index (χ4v) is 3.13. The molecular weight excluding hydrogens is 255 g/mol. The van der Waals surface area contributed by atoms with Crippen molar-refractivity contribution in [1.82, 2.24) is 9.88 Å². The summed E-state index contributed by atoms with van der Waals surface area (Å²) in [5.74, 6) is 0.0172. The van der Waals surface area contributed by atoms with Crippen LogP contribution in [0.4, 0.5) is 4.39 Å². The number of carbonyl (C=O) groups excluding carboxylic acids is 1. The first kappa shape index (κ1) is 13.5. The highest BCUT2D eigenvalue weighted by Crippen LogP contribution is 2.32. The predicted molar refractivity (Wildman–Crippen MR) is 74.8 cm³/mol. The molecule has 1 heterocycles. The molecule has 0 aliphatic heterocycles. The Morgan fingerprint density at radius 2 is 2.00 bits per heavy atom. The van der Waals surface area contributed by atoms with Crippen molar-refractivity contribution in [3.63, 3.8) is 0 Å². The highest BCUT2D eigenvalue weighted by Gasteiger charge is 2.34. The molecule has 108 valence electrons. The number of carbonyl (C=O) groups is 1. The molecule has 1 aromatic rings. The predicted octanol–water partition coefficient (Wildman–Crippen LogP) is 3.41. The topological polar surface area (TPSA) is 33.2 Å². The van der Waals surface area contributed by atoms with E-state index in [2.05, 4.69) is 4.98 Å². The van der Waals surface area contributed by atoms with Gasteiger partial charge in [0.2, 0.25) is 5.95 Å². The molecular formula is C16H21FN2O. The van der Waals surface area contributed by atoms with Gasteiger partial charge in [0.05, 0.1) is 0 Å². The van der Waals surface area contributed by atoms with Crippen LogP contribution in [0.25, 0.3) is 0 Å². The van der Waals surface area contributed by atoms with Crippen LogP contribution >= 0.6 is 0 Å². The van der Waals surface area contributed by atoms with Gasteiger partial charge in [-0.1, -0.05) is 19.3 Å². The van der Waals surface area contributed by atoms with E-state index < -0.39 is 5.95 Å².